The van der Waals surface area contributed by atoms with Crippen LogP contribution in [0.4, 0.5) is 0 Å². The smallest absolute Gasteiger partial charge is 0.228 e. The number of benzene rings is 2. The number of thiazole rings is 1. The van der Waals surface area contributed by atoms with Crippen molar-refractivity contribution < 1.29 is 4.79 Å². The lowest BCUT2D eigenvalue weighted by molar-refractivity contribution is -0.132. The van der Waals surface area contributed by atoms with Gasteiger partial charge in [0.2, 0.25) is 5.91 Å². The lowest BCUT2D eigenvalue weighted by Gasteiger charge is -2.35. The van der Waals surface area contributed by atoms with Crippen molar-refractivity contribution in [3.8, 4) is 10.6 Å². The predicted octanol–water partition coefficient (Wildman–Crippen LogP) is 4.31. The summed E-state index contributed by atoms with van der Waals surface area (Å²) in [7, 11) is 0. The molecule has 1 aromatic heterocycles. The van der Waals surface area contributed by atoms with Gasteiger partial charge in [0.25, 0.3) is 0 Å². The Bertz CT molecular complexity index is 989. The van der Waals surface area contributed by atoms with Crippen molar-refractivity contribution in [3.63, 3.8) is 0 Å². The van der Waals surface area contributed by atoms with Crippen LogP contribution in [0.15, 0.2) is 53.9 Å². The van der Waals surface area contributed by atoms with E-state index in [1.54, 1.807) is 11.3 Å². The molecule has 0 atom stereocenters. The maximum Gasteiger partial charge on any atom is 0.228 e. The highest BCUT2D eigenvalue weighted by Gasteiger charge is 2.22. The Morgan fingerprint density at radius 1 is 1.03 bits per heavy atom. The van der Waals surface area contributed by atoms with Crippen LogP contribution in [0.3, 0.4) is 0 Å². The first-order valence-corrected chi connectivity index (χ1v) is 11.0. The average molecular weight is 406 g/mol. The van der Waals surface area contributed by atoms with Gasteiger partial charge in [-0.1, -0.05) is 48.0 Å². The zero-order valence-electron chi connectivity index (χ0n) is 17.1. The predicted molar refractivity (Wildman–Crippen MR) is 119 cm³/mol. The zero-order chi connectivity index (χ0) is 20.2. The second-order valence-electron chi connectivity index (χ2n) is 7.77. The SMILES string of the molecule is Cc1cccc(-c2nc(CC(=O)N3CCN(Cc4ccccc4C)CC3)cs2)c1. The van der Waals surface area contributed by atoms with Crippen molar-refractivity contribution in [2.24, 2.45) is 0 Å². The van der Waals surface area contributed by atoms with Crippen LogP contribution in [-0.2, 0) is 17.8 Å². The molecule has 1 saturated heterocycles. The lowest BCUT2D eigenvalue weighted by Crippen LogP contribution is -2.48. The normalized spacial score (nSPS) is 14.9. The van der Waals surface area contributed by atoms with Crippen LogP contribution < -0.4 is 0 Å². The molecule has 29 heavy (non-hydrogen) atoms. The molecule has 2 aromatic carbocycles. The number of carbonyl (C=O) groups is 1. The number of piperazine rings is 1. The van der Waals surface area contributed by atoms with E-state index in [4.69, 9.17) is 4.98 Å². The molecule has 150 valence electrons. The van der Waals surface area contributed by atoms with Gasteiger partial charge in [0.15, 0.2) is 0 Å². The first kappa shape index (κ1) is 19.8. The van der Waals surface area contributed by atoms with E-state index >= 15 is 0 Å². The highest BCUT2D eigenvalue weighted by atomic mass is 32.1. The number of rotatable bonds is 5. The molecule has 0 unspecified atom stereocenters. The summed E-state index contributed by atoms with van der Waals surface area (Å²) in [5.41, 5.74) is 5.92. The standard InChI is InChI=1S/C24H27N3OS/c1-18-6-5-9-20(14-18)24-25-22(17-29-24)15-23(28)27-12-10-26(11-13-27)16-21-8-4-3-7-19(21)2/h3-9,14,17H,10-13,15-16H2,1-2H3. The molecule has 1 amide bonds. The molecule has 0 spiro atoms. The Kier molecular flexibility index (Phi) is 6.07. The summed E-state index contributed by atoms with van der Waals surface area (Å²) in [5.74, 6) is 0.182. The monoisotopic (exact) mass is 405 g/mol. The second kappa shape index (κ2) is 8.89. The van der Waals surface area contributed by atoms with E-state index in [-0.39, 0.29) is 5.91 Å². The molecular weight excluding hydrogens is 378 g/mol. The van der Waals surface area contributed by atoms with Gasteiger partial charge >= 0.3 is 0 Å². The van der Waals surface area contributed by atoms with Crippen LogP contribution in [-0.4, -0.2) is 46.9 Å². The summed E-state index contributed by atoms with van der Waals surface area (Å²) in [6.45, 7) is 8.63. The van der Waals surface area contributed by atoms with E-state index in [0.717, 1.165) is 49.0 Å². The summed E-state index contributed by atoms with van der Waals surface area (Å²) in [6, 6.07) is 16.9. The lowest BCUT2D eigenvalue weighted by atomic mass is 10.1. The largest absolute Gasteiger partial charge is 0.340 e. The van der Waals surface area contributed by atoms with Crippen LogP contribution in [0.5, 0.6) is 0 Å². The average Bonchev–Trinajstić information content (AvgIpc) is 3.19. The molecule has 0 N–H and O–H groups in total. The molecule has 1 aliphatic heterocycles. The van der Waals surface area contributed by atoms with Gasteiger partial charge in [0.05, 0.1) is 12.1 Å². The summed E-state index contributed by atoms with van der Waals surface area (Å²) in [6.07, 6.45) is 0.389. The molecule has 0 saturated carbocycles. The summed E-state index contributed by atoms with van der Waals surface area (Å²) in [4.78, 5) is 21.9. The molecule has 0 aliphatic carbocycles. The van der Waals surface area contributed by atoms with Crippen LogP contribution in [0, 0.1) is 13.8 Å². The molecule has 1 fully saturated rings. The minimum Gasteiger partial charge on any atom is -0.340 e. The van der Waals surface area contributed by atoms with Crippen molar-refractivity contribution in [1.29, 1.82) is 0 Å². The third-order valence-corrected chi connectivity index (χ3v) is 6.47. The first-order chi connectivity index (χ1) is 14.1. The van der Waals surface area contributed by atoms with Crippen molar-refractivity contribution in [2.45, 2.75) is 26.8 Å². The van der Waals surface area contributed by atoms with Crippen LogP contribution in [0.2, 0.25) is 0 Å². The molecule has 0 bridgehead atoms. The van der Waals surface area contributed by atoms with Crippen molar-refractivity contribution in [1.82, 2.24) is 14.8 Å². The highest BCUT2D eigenvalue weighted by Crippen LogP contribution is 2.25. The molecule has 4 nitrogen and oxygen atoms in total. The van der Waals surface area contributed by atoms with Crippen LogP contribution in [0.1, 0.15) is 22.4 Å². The van der Waals surface area contributed by atoms with Gasteiger partial charge in [-0.2, -0.15) is 0 Å². The molecule has 1 aliphatic rings. The molecule has 2 heterocycles. The number of nitrogens with zero attached hydrogens (tertiary/aromatic N) is 3. The fourth-order valence-electron chi connectivity index (χ4n) is 3.75. The fraction of sp³-hybridized carbons (Fsp3) is 0.333. The maximum absolute atomic E-state index is 12.8. The van der Waals surface area contributed by atoms with E-state index in [1.807, 2.05) is 16.3 Å². The Hall–Kier alpha value is -2.50. The number of carbonyl (C=O) groups excluding carboxylic acids is 1. The van der Waals surface area contributed by atoms with Crippen molar-refractivity contribution in [3.05, 3.63) is 76.3 Å². The Labute approximate surface area is 176 Å². The Balaban J connectivity index is 1.31. The molecule has 0 radical (unpaired) electrons. The zero-order valence-corrected chi connectivity index (χ0v) is 17.9. The summed E-state index contributed by atoms with van der Waals surface area (Å²) < 4.78 is 0. The second-order valence-corrected chi connectivity index (χ2v) is 8.63. The third-order valence-electron chi connectivity index (χ3n) is 5.53. The number of hydrogen-bond donors (Lipinski definition) is 0. The van der Waals surface area contributed by atoms with E-state index in [1.165, 1.54) is 16.7 Å². The third kappa shape index (κ3) is 4.92. The van der Waals surface area contributed by atoms with E-state index in [2.05, 4.69) is 61.2 Å². The molecule has 4 rings (SSSR count). The number of amides is 1. The minimum absolute atomic E-state index is 0.182. The molecule has 3 aromatic rings. The van der Waals surface area contributed by atoms with Gasteiger partial charge in [0, 0.05) is 43.7 Å². The van der Waals surface area contributed by atoms with Crippen LogP contribution >= 0.6 is 11.3 Å². The van der Waals surface area contributed by atoms with Crippen molar-refractivity contribution >= 4 is 17.2 Å². The number of aryl methyl sites for hydroxylation is 2. The number of hydrogen-bond acceptors (Lipinski definition) is 4. The summed E-state index contributed by atoms with van der Waals surface area (Å²) in [5, 5.41) is 3.00. The van der Waals surface area contributed by atoms with Gasteiger partial charge in [-0.15, -0.1) is 11.3 Å². The molecule has 5 heteroatoms. The van der Waals surface area contributed by atoms with Crippen molar-refractivity contribution in [2.75, 3.05) is 26.2 Å². The topological polar surface area (TPSA) is 36.4 Å². The van der Waals surface area contributed by atoms with E-state index < -0.39 is 0 Å². The quantitative estimate of drug-likeness (QED) is 0.635. The highest BCUT2D eigenvalue weighted by molar-refractivity contribution is 7.13. The Morgan fingerprint density at radius 3 is 2.59 bits per heavy atom. The number of aromatic nitrogens is 1. The Morgan fingerprint density at radius 2 is 1.83 bits per heavy atom. The first-order valence-electron chi connectivity index (χ1n) is 10.1. The van der Waals surface area contributed by atoms with Gasteiger partial charge in [-0.3, -0.25) is 9.69 Å². The van der Waals surface area contributed by atoms with Gasteiger partial charge in [-0.25, -0.2) is 4.98 Å². The van der Waals surface area contributed by atoms with E-state index in [0.29, 0.717) is 6.42 Å². The fourth-order valence-corrected chi connectivity index (χ4v) is 4.57. The maximum atomic E-state index is 12.8. The van der Waals surface area contributed by atoms with Gasteiger partial charge in [0.1, 0.15) is 5.01 Å². The summed E-state index contributed by atoms with van der Waals surface area (Å²) >= 11 is 1.61. The minimum atomic E-state index is 0.182. The van der Waals surface area contributed by atoms with Crippen LogP contribution in [0.25, 0.3) is 10.6 Å². The van der Waals surface area contributed by atoms with Gasteiger partial charge < -0.3 is 4.90 Å². The van der Waals surface area contributed by atoms with Gasteiger partial charge in [-0.05, 0) is 31.0 Å². The van der Waals surface area contributed by atoms with E-state index in [9.17, 15) is 4.79 Å². The molecular formula is C24H27N3OS.